The highest BCUT2D eigenvalue weighted by Crippen LogP contribution is 2.29. The van der Waals surface area contributed by atoms with Gasteiger partial charge in [0.1, 0.15) is 0 Å². The number of hydrogen-bond donors (Lipinski definition) is 2. The monoisotopic (exact) mass is 197 g/mol. The number of rotatable bonds is 2. The standard InChI is InChI=1S/C11H19NO2/c13-10-7-11(14)12-9(10)6-8-4-2-1-3-5-8/h8-10,13H,1-7H2,(H,12,14)/t9?,10-/m0/s1. The van der Waals surface area contributed by atoms with Crippen LogP contribution in [0, 0.1) is 5.92 Å². The molecule has 2 fully saturated rings. The maximum Gasteiger partial charge on any atom is 0.222 e. The van der Waals surface area contributed by atoms with Gasteiger partial charge in [-0.1, -0.05) is 32.1 Å². The van der Waals surface area contributed by atoms with Gasteiger partial charge in [-0.05, 0) is 12.3 Å². The largest absolute Gasteiger partial charge is 0.390 e. The van der Waals surface area contributed by atoms with Crippen LogP contribution < -0.4 is 5.32 Å². The lowest BCUT2D eigenvalue weighted by molar-refractivity contribution is -0.119. The third kappa shape index (κ3) is 2.27. The van der Waals surface area contributed by atoms with Crippen molar-refractivity contribution in [2.45, 2.75) is 57.1 Å². The Labute approximate surface area is 84.9 Å². The van der Waals surface area contributed by atoms with Crippen LogP contribution in [0.1, 0.15) is 44.9 Å². The SMILES string of the molecule is O=C1C[C@H](O)C(CC2CCCCC2)N1. The van der Waals surface area contributed by atoms with Gasteiger partial charge in [-0.25, -0.2) is 0 Å². The minimum Gasteiger partial charge on any atom is -0.390 e. The predicted octanol–water partition coefficient (Wildman–Crippen LogP) is 1.21. The van der Waals surface area contributed by atoms with Gasteiger partial charge in [0.2, 0.25) is 5.91 Å². The first-order valence-electron chi connectivity index (χ1n) is 5.73. The molecule has 3 nitrogen and oxygen atoms in total. The van der Waals surface area contributed by atoms with Gasteiger partial charge in [0.05, 0.1) is 18.6 Å². The highest BCUT2D eigenvalue weighted by Gasteiger charge is 2.32. The number of aliphatic hydroxyl groups is 1. The Morgan fingerprint density at radius 1 is 1.29 bits per heavy atom. The van der Waals surface area contributed by atoms with Crippen LogP contribution in [-0.2, 0) is 4.79 Å². The molecule has 80 valence electrons. The van der Waals surface area contributed by atoms with E-state index in [9.17, 15) is 9.90 Å². The number of hydrogen-bond acceptors (Lipinski definition) is 2. The third-order valence-electron chi connectivity index (χ3n) is 3.52. The van der Waals surface area contributed by atoms with E-state index in [1.54, 1.807) is 0 Å². The summed E-state index contributed by atoms with van der Waals surface area (Å²) in [5, 5.41) is 12.5. The van der Waals surface area contributed by atoms with E-state index in [1.165, 1.54) is 32.1 Å². The van der Waals surface area contributed by atoms with Crippen molar-refractivity contribution in [3.8, 4) is 0 Å². The van der Waals surface area contributed by atoms with Gasteiger partial charge >= 0.3 is 0 Å². The van der Waals surface area contributed by atoms with Gasteiger partial charge < -0.3 is 10.4 Å². The Morgan fingerprint density at radius 3 is 2.57 bits per heavy atom. The molecular weight excluding hydrogens is 178 g/mol. The van der Waals surface area contributed by atoms with Crippen LogP contribution in [0.5, 0.6) is 0 Å². The quantitative estimate of drug-likeness (QED) is 0.699. The number of carbonyl (C=O) groups excluding carboxylic acids is 1. The molecular formula is C11H19NO2. The summed E-state index contributed by atoms with van der Waals surface area (Å²) in [6.45, 7) is 0. The van der Waals surface area contributed by atoms with E-state index in [1.807, 2.05) is 0 Å². The van der Waals surface area contributed by atoms with Gasteiger partial charge in [-0.15, -0.1) is 0 Å². The molecule has 2 rings (SSSR count). The molecule has 1 unspecified atom stereocenters. The molecule has 3 heteroatoms. The van der Waals surface area contributed by atoms with E-state index in [-0.39, 0.29) is 11.9 Å². The lowest BCUT2D eigenvalue weighted by Crippen LogP contribution is -2.34. The summed E-state index contributed by atoms with van der Waals surface area (Å²) in [5.41, 5.74) is 0. The average molecular weight is 197 g/mol. The molecule has 0 bridgehead atoms. The van der Waals surface area contributed by atoms with Gasteiger partial charge in [0, 0.05) is 0 Å². The molecule has 1 heterocycles. The van der Waals surface area contributed by atoms with Crippen molar-refractivity contribution in [2.75, 3.05) is 0 Å². The van der Waals surface area contributed by atoms with Crippen LogP contribution in [0.3, 0.4) is 0 Å². The summed E-state index contributed by atoms with van der Waals surface area (Å²) in [5.74, 6) is 0.736. The number of carbonyl (C=O) groups is 1. The molecule has 0 aromatic carbocycles. The second-order valence-electron chi connectivity index (χ2n) is 4.69. The molecule has 1 saturated heterocycles. The first kappa shape index (κ1) is 9.97. The Hall–Kier alpha value is -0.570. The Balaban J connectivity index is 1.81. The van der Waals surface area contributed by atoms with E-state index in [0.29, 0.717) is 6.42 Å². The summed E-state index contributed by atoms with van der Waals surface area (Å²) in [6.07, 6.45) is 7.39. The molecule has 2 atom stereocenters. The predicted molar refractivity (Wildman–Crippen MR) is 53.7 cm³/mol. The van der Waals surface area contributed by atoms with E-state index >= 15 is 0 Å². The van der Waals surface area contributed by atoms with Crippen LogP contribution in [0.15, 0.2) is 0 Å². The molecule has 1 aliphatic heterocycles. The lowest BCUT2D eigenvalue weighted by Gasteiger charge is -2.25. The molecule has 0 aromatic rings. The first-order valence-corrected chi connectivity index (χ1v) is 5.73. The van der Waals surface area contributed by atoms with Gasteiger partial charge in [0.25, 0.3) is 0 Å². The molecule has 1 aliphatic carbocycles. The van der Waals surface area contributed by atoms with Gasteiger partial charge in [-0.3, -0.25) is 4.79 Å². The minimum absolute atomic E-state index is 0.0123. The molecule has 1 amide bonds. The summed E-state index contributed by atoms with van der Waals surface area (Å²) < 4.78 is 0. The molecule has 2 aliphatic rings. The van der Waals surface area contributed by atoms with E-state index < -0.39 is 6.10 Å². The van der Waals surface area contributed by atoms with Gasteiger partial charge in [-0.2, -0.15) is 0 Å². The molecule has 14 heavy (non-hydrogen) atoms. The summed E-state index contributed by atoms with van der Waals surface area (Å²) in [6, 6.07) is 0.0330. The fourth-order valence-electron chi connectivity index (χ4n) is 2.69. The summed E-state index contributed by atoms with van der Waals surface area (Å²) in [7, 11) is 0. The molecule has 1 saturated carbocycles. The van der Waals surface area contributed by atoms with E-state index in [0.717, 1.165) is 12.3 Å². The fourth-order valence-corrected chi connectivity index (χ4v) is 2.69. The van der Waals surface area contributed by atoms with Crippen LogP contribution in [0.25, 0.3) is 0 Å². The average Bonchev–Trinajstić information content (AvgIpc) is 2.47. The third-order valence-corrected chi connectivity index (χ3v) is 3.52. The van der Waals surface area contributed by atoms with E-state index in [2.05, 4.69) is 5.32 Å². The number of nitrogens with one attached hydrogen (secondary N) is 1. The molecule has 0 aromatic heterocycles. The van der Waals surface area contributed by atoms with Crippen molar-refractivity contribution in [1.29, 1.82) is 0 Å². The maximum atomic E-state index is 11.0. The summed E-state index contributed by atoms with van der Waals surface area (Å²) >= 11 is 0. The van der Waals surface area contributed by atoms with Crippen molar-refractivity contribution in [3.05, 3.63) is 0 Å². The molecule has 0 spiro atoms. The zero-order valence-electron chi connectivity index (χ0n) is 8.54. The Morgan fingerprint density at radius 2 is 2.00 bits per heavy atom. The topological polar surface area (TPSA) is 49.3 Å². The summed E-state index contributed by atoms with van der Waals surface area (Å²) in [4.78, 5) is 11.0. The Bertz CT molecular complexity index is 211. The van der Waals surface area contributed by atoms with Crippen molar-refractivity contribution < 1.29 is 9.90 Å². The number of amides is 1. The van der Waals surface area contributed by atoms with Crippen LogP contribution in [0.4, 0.5) is 0 Å². The van der Waals surface area contributed by atoms with Crippen molar-refractivity contribution in [3.63, 3.8) is 0 Å². The normalized spacial score (nSPS) is 34.5. The molecule has 2 N–H and O–H groups in total. The number of aliphatic hydroxyl groups excluding tert-OH is 1. The Kier molecular flexibility index (Phi) is 3.06. The van der Waals surface area contributed by atoms with Crippen LogP contribution in [-0.4, -0.2) is 23.2 Å². The van der Waals surface area contributed by atoms with Crippen molar-refractivity contribution in [1.82, 2.24) is 5.32 Å². The van der Waals surface area contributed by atoms with E-state index in [4.69, 9.17) is 0 Å². The highest BCUT2D eigenvalue weighted by molar-refractivity contribution is 5.79. The van der Waals surface area contributed by atoms with Crippen molar-refractivity contribution in [2.24, 2.45) is 5.92 Å². The minimum atomic E-state index is -0.440. The molecule has 0 radical (unpaired) electrons. The van der Waals surface area contributed by atoms with Crippen LogP contribution >= 0.6 is 0 Å². The maximum absolute atomic E-state index is 11.0. The second-order valence-corrected chi connectivity index (χ2v) is 4.69. The fraction of sp³-hybridized carbons (Fsp3) is 0.909. The second kappa shape index (κ2) is 4.30. The van der Waals surface area contributed by atoms with Crippen molar-refractivity contribution >= 4 is 5.91 Å². The lowest BCUT2D eigenvalue weighted by atomic mass is 9.84. The smallest absolute Gasteiger partial charge is 0.222 e. The van der Waals surface area contributed by atoms with Crippen LogP contribution in [0.2, 0.25) is 0 Å². The zero-order valence-corrected chi connectivity index (χ0v) is 8.54. The first-order chi connectivity index (χ1) is 6.75. The van der Waals surface area contributed by atoms with Gasteiger partial charge in [0.15, 0.2) is 0 Å². The zero-order chi connectivity index (χ0) is 9.97. The highest BCUT2D eigenvalue weighted by atomic mass is 16.3.